The first kappa shape index (κ1) is 16.6. The van der Waals surface area contributed by atoms with Gasteiger partial charge in [-0.2, -0.15) is 0 Å². The lowest BCUT2D eigenvalue weighted by Gasteiger charge is -2.36. The number of piperidine rings is 1. The van der Waals surface area contributed by atoms with Crippen LogP contribution in [0.2, 0.25) is 0 Å². The maximum absolute atomic E-state index is 14.0. The Bertz CT molecular complexity index is 522. The molecular weight excluding hydrogens is 340 g/mol. The summed E-state index contributed by atoms with van der Waals surface area (Å²) in [5.41, 5.74) is -0.607. The van der Waals surface area contributed by atoms with Crippen molar-refractivity contribution in [2.45, 2.75) is 39.0 Å². The molecule has 2 nitrogen and oxygen atoms in total. The van der Waals surface area contributed by atoms with Crippen LogP contribution < -0.4 is 5.32 Å². The highest BCUT2D eigenvalue weighted by Gasteiger charge is 2.38. The summed E-state index contributed by atoms with van der Waals surface area (Å²) in [5, 5.41) is 3.25. The van der Waals surface area contributed by atoms with Gasteiger partial charge in [0.25, 0.3) is 0 Å². The third-order valence-corrected chi connectivity index (χ3v) is 4.88. The van der Waals surface area contributed by atoms with Crippen LogP contribution in [-0.4, -0.2) is 18.9 Å². The lowest BCUT2D eigenvalue weighted by molar-refractivity contribution is -0.129. The maximum Gasteiger partial charge on any atom is 0.144 e. The molecule has 0 aromatic heterocycles. The van der Waals surface area contributed by atoms with E-state index in [1.54, 1.807) is 0 Å². The number of carbonyl (C=O) groups is 1. The van der Waals surface area contributed by atoms with Crippen molar-refractivity contribution in [3.63, 3.8) is 0 Å². The fourth-order valence-electron chi connectivity index (χ4n) is 3.12. The average molecular weight is 360 g/mol. The highest BCUT2D eigenvalue weighted by molar-refractivity contribution is 9.10. The van der Waals surface area contributed by atoms with Crippen molar-refractivity contribution in [3.8, 4) is 0 Å². The van der Waals surface area contributed by atoms with Crippen LogP contribution in [-0.2, 0) is 11.2 Å². The average Bonchev–Trinajstić information content (AvgIpc) is 2.48. The lowest BCUT2D eigenvalue weighted by Crippen LogP contribution is -2.46. The largest absolute Gasteiger partial charge is 0.316 e. The van der Waals surface area contributed by atoms with Gasteiger partial charge in [0.05, 0.1) is 4.47 Å². The van der Waals surface area contributed by atoms with E-state index in [4.69, 9.17) is 0 Å². The molecule has 1 aromatic carbocycles. The van der Waals surface area contributed by atoms with Crippen LogP contribution in [0.25, 0.3) is 0 Å². The van der Waals surface area contributed by atoms with Crippen molar-refractivity contribution >= 4 is 21.7 Å². The van der Waals surface area contributed by atoms with Crippen LogP contribution in [0.15, 0.2) is 16.6 Å². The minimum atomic E-state index is -0.668. The predicted molar refractivity (Wildman–Crippen MR) is 82.2 cm³/mol. The van der Waals surface area contributed by atoms with E-state index in [1.165, 1.54) is 12.1 Å². The van der Waals surface area contributed by atoms with E-state index in [1.807, 2.05) is 6.92 Å². The summed E-state index contributed by atoms with van der Waals surface area (Å²) in [4.78, 5) is 12.7. The number of ketones is 1. The van der Waals surface area contributed by atoms with E-state index in [9.17, 15) is 13.6 Å². The zero-order chi connectivity index (χ0) is 15.5. The predicted octanol–water partition coefficient (Wildman–Crippen LogP) is 4.01. The Hall–Kier alpha value is -0.810. The summed E-state index contributed by atoms with van der Waals surface area (Å²) in [6.07, 6.45) is 3.19. The van der Waals surface area contributed by atoms with Crippen LogP contribution in [0.5, 0.6) is 0 Å². The summed E-state index contributed by atoms with van der Waals surface area (Å²) in [6, 6.07) is 2.52. The third-order valence-electron chi connectivity index (χ3n) is 4.27. The molecule has 0 amide bonds. The fraction of sp³-hybridized carbons (Fsp3) is 0.562. The Balaban J connectivity index is 2.25. The molecule has 1 atom stereocenters. The molecule has 5 heteroatoms. The highest BCUT2D eigenvalue weighted by Crippen LogP contribution is 2.35. The van der Waals surface area contributed by atoms with Gasteiger partial charge < -0.3 is 5.32 Å². The molecule has 0 bridgehead atoms. The summed E-state index contributed by atoms with van der Waals surface area (Å²) < 4.78 is 28.1. The zero-order valence-corrected chi connectivity index (χ0v) is 13.7. The van der Waals surface area contributed by atoms with Gasteiger partial charge >= 0.3 is 0 Å². The van der Waals surface area contributed by atoms with E-state index >= 15 is 0 Å². The minimum Gasteiger partial charge on any atom is -0.316 e. The first-order chi connectivity index (χ1) is 10.00. The van der Waals surface area contributed by atoms with Crippen LogP contribution in [0.4, 0.5) is 8.78 Å². The normalized spacial score (nSPS) is 22.3. The Kier molecular flexibility index (Phi) is 5.49. The van der Waals surface area contributed by atoms with Crippen molar-refractivity contribution in [3.05, 3.63) is 33.8 Å². The number of nitrogens with one attached hydrogen (secondary N) is 1. The summed E-state index contributed by atoms with van der Waals surface area (Å²) >= 11 is 3.05. The van der Waals surface area contributed by atoms with Crippen molar-refractivity contribution in [1.29, 1.82) is 0 Å². The molecule has 21 heavy (non-hydrogen) atoms. The molecule has 0 saturated carbocycles. The zero-order valence-electron chi connectivity index (χ0n) is 12.1. The number of hydrogen-bond donors (Lipinski definition) is 1. The molecule has 1 aromatic rings. The molecule has 116 valence electrons. The number of halogens is 3. The molecule has 1 saturated heterocycles. The Morgan fingerprint density at radius 1 is 1.43 bits per heavy atom. The molecule has 1 N–H and O–H groups in total. The summed E-state index contributed by atoms with van der Waals surface area (Å²) in [6.45, 7) is 3.54. The van der Waals surface area contributed by atoms with Crippen LogP contribution >= 0.6 is 15.9 Å². The first-order valence-electron chi connectivity index (χ1n) is 7.36. The van der Waals surface area contributed by atoms with E-state index in [-0.39, 0.29) is 22.2 Å². The SMILES string of the molecule is CCCC1(C(=O)Cc2c(F)ccc(Br)c2F)CCCNC1. The van der Waals surface area contributed by atoms with Gasteiger partial charge in [-0.1, -0.05) is 13.3 Å². The van der Waals surface area contributed by atoms with Crippen molar-refractivity contribution in [1.82, 2.24) is 5.32 Å². The second-order valence-corrected chi connectivity index (χ2v) is 6.59. The minimum absolute atomic E-state index is 0.0625. The smallest absolute Gasteiger partial charge is 0.144 e. The number of benzene rings is 1. The van der Waals surface area contributed by atoms with E-state index in [0.717, 1.165) is 32.2 Å². The molecule has 1 aliphatic heterocycles. The highest BCUT2D eigenvalue weighted by atomic mass is 79.9. The van der Waals surface area contributed by atoms with E-state index in [0.29, 0.717) is 6.54 Å². The van der Waals surface area contributed by atoms with Gasteiger partial charge in [-0.15, -0.1) is 0 Å². The van der Waals surface area contributed by atoms with Gasteiger partial charge in [-0.3, -0.25) is 4.79 Å². The van der Waals surface area contributed by atoms with Gasteiger partial charge in [0.1, 0.15) is 17.4 Å². The van der Waals surface area contributed by atoms with Crippen molar-refractivity contribution < 1.29 is 13.6 Å². The molecular formula is C16H20BrF2NO. The molecule has 1 unspecified atom stereocenters. The number of Topliss-reactive ketones (excluding diaryl/α,β-unsaturated/α-hetero) is 1. The van der Waals surface area contributed by atoms with Crippen molar-refractivity contribution in [2.24, 2.45) is 5.41 Å². The number of hydrogen-bond acceptors (Lipinski definition) is 2. The maximum atomic E-state index is 14.0. The molecule has 1 heterocycles. The van der Waals surface area contributed by atoms with Crippen molar-refractivity contribution in [2.75, 3.05) is 13.1 Å². The third kappa shape index (κ3) is 3.51. The van der Waals surface area contributed by atoms with E-state index < -0.39 is 17.0 Å². The standard InChI is InChI=1S/C16H20BrF2NO/c1-2-6-16(7-3-8-20-10-16)14(21)9-11-13(18)5-4-12(17)15(11)19/h4-5,20H,2-3,6-10H2,1H3. The topological polar surface area (TPSA) is 29.1 Å². The molecule has 0 spiro atoms. The molecule has 2 rings (SSSR count). The van der Waals surface area contributed by atoms with Crippen LogP contribution in [0, 0.1) is 17.0 Å². The van der Waals surface area contributed by atoms with Crippen LogP contribution in [0.3, 0.4) is 0 Å². The Morgan fingerprint density at radius 3 is 2.81 bits per heavy atom. The Morgan fingerprint density at radius 2 is 2.19 bits per heavy atom. The van der Waals surface area contributed by atoms with Gasteiger partial charge in [-0.25, -0.2) is 8.78 Å². The van der Waals surface area contributed by atoms with Gasteiger partial charge in [-0.05, 0) is 53.9 Å². The van der Waals surface area contributed by atoms with Gasteiger partial charge in [0.2, 0.25) is 0 Å². The van der Waals surface area contributed by atoms with Crippen LogP contribution in [0.1, 0.15) is 38.2 Å². The molecule has 0 aliphatic carbocycles. The monoisotopic (exact) mass is 359 g/mol. The lowest BCUT2D eigenvalue weighted by atomic mass is 9.72. The number of rotatable bonds is 5. The second kappa shape index (κ2) is 6.97. The molecule has 1 aliphatic rings. The molecule has 0 radical (unpaired) electrons. The summed E-state index contributed by atoms with van der Waals surface area (Å²) in [7, 11) is 0. The first-order valence-corrected chi connectivity index (χ1v) is 8.16. The van der Waals surface area contributed by atoms with E-state index in [2.05, 4.69) is 21.2 Å². The quantitative estimate of drug-likeness (QED) is 0.804. The Labute approximate surface area is 132 Å². The summed E-state index contributed by atoms with van der Waals surface area (Å²) in [5.74, 6) is -1.38. The van der Waals surface area contributed by atoms with Gasteiger partial charge in [0, 0.05) is 23.9 Å². The van der Waals surface area contributed by atoms with Gasteiger partial charge in [0.15, 0.2) is 0 Å². The molecule has 1 fully saturated rings. The second-order valence-electron chi connectivity index (χ2n) is 5.73. The fourth-order valence-corrected chi connectivity index (χ4v) is 3.49. The number of carbonyl (C=O) groups excluding carboxylic acids is 1.